The number of carbonyl (C=O) groups is 3. The molecule has 9 heteroatoms. The molecular formula is C23H24N4O4S. The number of benzene rings is 2. The predicted octanol–water partition coefficient (Wildman–Crippen LogP) is 3.13. The first-order valence-electron chi connectivity index (χ1n) is 10.2. The molecule has 8 nitrogen and oxygen atoms in total. The Morgan fingerprint density at radius 1 is 1.19 bits per heavy atom. The van der Waals surface area contributed by atoms with Gasteiger partial charge < -0.3 is 9.64 Å². The molecule has 0 radical (unpaired) electrons. The van der Waals surface area contributed by atoms with E-state index >= 15 is 0 Å². The summed E-state index contributed by atoms with van der Waals surface area (Å²) in [5, 5.41) is 5.63. The molecule has 2 aromatic carbocycles. The van der Waals surface area contributed by atoms with E-state index in [9.17, 15) is 14.4 Å². The lowest BCUT2D eigenvalue weighted by molar-refractivity contribution is -0.137. The maximum absolute atomic E-state index is 13.2. The van der Waals surface area contributed by atoms with Crippen LogP contribution >= 0.6 is 11.8 Å². The first kappa shape index (κ1) is 21.9. The molecule has 0 spiro atoms. The van der Waals surface area contributed by atoms with Gasteiger partial charge in [0.15, 0.2) is 0 Å². The summed E-state index contributed by atoms with van der Waals surface area (Å²) < 4.78 is 5.32. The van der Waals surface area contributed by atoms with Gasteiger partial charge in [-0.15, -0.1) is 0 Å². The zero-order chi connectivity index (χ0) is 22.8. The minimum Gasteiger partial charge on any atom is -0.497 e. The number of hydrazone groups is 1. The molecule has 4 rings (SSSR count). The molecule has 32 heavy (non-hydrogen) atoms. The molecule has 166 valence electrons. The van der Waals surface area contributed by atoms with Crippen LogP contribution in [-0.4, -0.2) is 66.2 Å². The second-order valence-corrected chi connectivity index (χ2v) is 8.68. The number of hydrogen-bond donors (Lipinski definition) is 0. The molecule has 0 bridgehead atoms. The van der Waals surface area contributed by atoms with Gasteiger partial charge in [0.2, 0.25) is 5.91 Å². The molecule has 2 aliphatic heterocycles. The zero-order valence-electron chi connectivity index (χ0n) is 18.1. The van der Waals surface area contributed by atoms with Crippen LogP contribution in [0.25, 0.3) is 0 Å². The van der Waals surface area contributed by atoms with E-state index in [0.29, 0.717) is 12.2 Å². The van der Waals surface area contributed by atoms with Crippen molar-refractivity contribution in [3.63, 3.8) is 0 Å². The third kappa shape index (κ3) is 4.34. The van der Waals surface area contributed by atoms with E-state index in [1.54, 1.807) is 7.11 Å². The smallest absolute Gasteiger partial charge is 0.289 e. The summed E-state index contributed by atoms with van der Waals surface area (Å²) in [6.45, 7) is -0.314. The van der Waals surface area contributed by atoms with E-state index in [2.05, 4.69) is 5.10 Å². The van der Waals surface area contributed by atoms with Gasteiger partial charge in [-0.2, -0.15) is 5.10 Å². The number of rotatable bonds is 6. The summed E-state index contributed by atoms with van der Waals surface area (Å²) in [5.74, 6) is 0.0252. The molecular weight excluding hydrogens is 428 g/mol. The molecule has 2 aromatic rings. The van der Waals surface area contributed by atoms with Gasteiger partial charge >= 0.3 is 0 Å². The van der Waals surface area contributed by atoms with Crippen molar-refractivity contribution in [3.8, 4) is 5.75 Å². The van der Waals surface area contributed by atoms with E-state index in [1.807, 2.05) is 67.5 Å². The Hall–Kier alpha value is -3.33. The quantitative estimate of drug-likeness (QED) is 0.670. The molecule has 2 aliphatic rings. The van der Waals surface area contributed by atoms with Crippen LogP contribution in [0.5, 0.6) is 5.75 Å². The third-order valence-corrected chi connectivity index (χ3v) is 6.36. The summed E-state index contributed by atoms with van der Waals surface area (Å²) in [6, 6.07) is 15.1. The largest absolute Gasteiger partial charge is 0.497 e. The number of imide groups is 1. The maximum Gasteiger partial charge on any atom is 0.289 e. The minimum absolute atomic E-state index is 0.0693. The Kier molecular flexibility index (Phi) is 6.18. The number of amides is 3. The lowest BCUT2D eigenvalue weighted by atomic mass is 9.98. The molecule has 2 heterocycles. The highest BCUT2D eigenvalue weighted by Gasteiger charge is 2.37. The lowest BCUT2D eigenvalue weighted by Crippen LogP contribution is -2.40. The third-order valence-electron chi connectivity index (χ3n) is 5.50. The van der Waals surface area contributed by atoms with Crippen molar-refractivity contribution < 1.29 is 19.1 Å². The van der Waals surface area contributed by atoms with Crippen LogP contribution in [-0.2, 0) is 9.59 Å². The Labute approximate surface area is 190 Å². The summed E-state index contributed by atoms with van der Waals surface area (Å²) in [7, 11) is 5.53. The van der Waals surface area contributed by atoms with Gasteiger partial charge in [-0.3, -0.25) is 19.3 Å². The van der Waals surface area contributed by atoms with Crippen molar-refractivity contribution in [2.75, 3.05) is 38.4 Å². The first-order chi connectivity index (χ1) is 15.4. The van der Waals surface area contributed by atoms with Crippen molar-refractivity contribution in [3.05, 3.63) is 59.7 Å². The van der Waals surface area contributed by atoms with Crippen molar-refractivity contribution in [1.82, 2.24) is 9.91 Å². The Morgan fingerprint density at radius 2 is 1.94 bits per heavy atom. The summed E-state index contributed by atoms with van der Waals surface area (Å²) in [5.41, 5.74) is 3.58. The number of thioether (sulfide) groups is 1. The van der Waals surface area contributed by atoms with Crippen LogP contribution in [0.1, 0.15) is 23.6 Å². The monoisotopic (exact) mass is 452 g/mol. The summed E-state index contributed by atoms with van der Waals surface area (Å²) in [4.78, 5) is 40.2. The minimum atomic E-state index is -0.397. The van der Waals surface area contributed by atoms with Crippen LogP contribution in [0.2, 0.25) is 0 Å². The van der Waals surface area contributed by atoms with E-state index < -0.39 is 11.1 Å². The van der Waals surface area contributed by atoms with E-state index in [4.69, 9.17) is 4.74 Å². The molecule has 0 aromatic heterocycles. The zero-order valence-corrected chi connectivity index (χ0v) is 19.0. The van der Waals surface area contributed by atoms with Crippen LogP contribution in [0.15, 0.2) is 53.6 Å². The fourth-order valence-electron chi connectivity index (χ4n) is 3.71. The van der Waals surface area contributed by atoms with Gasteiger partial charge in [-0.25, -0.2) is 5.01 Å². The molecule has 0 N–H and O–H groups in total. The van der Waals surface area contributed by atoms with E-state index in [-0.39, 0.29) is 24.2 Å². The number of anilines is 1. The highest BCUT2D eigenvalue weighted by atomic mass is 32.2. The van der Waals surface area contributed by atoms with Gasteiger partial charge in [-0.1, -0.05) is 36.0 Å². The Morgan fingerprint density at radius 3 is 2.56 bits per heavy atom. The van der Waals surface area contributed by atoms with E-state index in [1.165, 1.54) is 5.01 Å². The average Bonchev–Trinajstić information content (AvgIpc) is 3.38. The maximum atomic E-state index is 13.2. The Bertz CT molecular complexity index is 1070. The second kappa shape index (κ2) is 9.04. The highest BCUT2D eigenvalue weighted by Crippen LogP contribution is 2.34. The van der Waals surface area contributed by atoms with Crippen molar-refractivity contribution in [2.45, 2.75) is 12.5 Å². The molecule has 3 amide bonds. The normalized spacial score (nSPS) is 18.2. The van der Waals surface area contributed by atoms with Crippen LogP contribution in [0, 0.1) is 0 Å². The highest BCUT2D eigenvalue weighted by molar-refractivity contribution is 8.14. The lowest BCUT2D eigenvalue weighted by Gasteiger charge is -2.24. The van der Waals surface area contributed by atoms with Crippen LogP contribution in [0.3, 0.4) is 0 Å². The summed E-state index contributed by atoms with van der Waals surface area (Å²) in [6.07, 6.45) is 0.511. The number of hydrogen-bond acceptors (Lipinski definition) is 7. The molecule has 0 aliphatic carbocycles. The molecule has 1 saturated heterocycles. The number of nitrogens with zero attached hydrogens (tertiary/aromatic N) is 4. The molecule has 1 atom stereocenters. The van der Waals surface area contributed by atoms with Gasteiger partial charge in [0.1, 0.15) is 12.3 Å². The fourth-order valence-corrected chi connectivity index (χ4v) is 4.44. The van der Waals surface area contributed by atoms with Crippen molar-refractivity contribution in [2.24, 2.45) is 5.10 Å². The second-order valence-electron chi connectivity index (χ2n) is 7.76. The van der Waals surface area contributed by atoms with Gasteiger partial charge in [0.25, 0.3) is 11.1 Å². The first-order valence-corrected chi connectivity index (χ1v) is 11.1. The van der Waals surface area contributed by atoms with Gasteiger partial charge in [0, 0.05) is 31.8 Å². The standard InChI is InChI=1S/C23H24N4O4S/c1-25(2)17-9-7-15(8-10-17)20-12-19(16-5-4-6-18(11-16)31-3)24-27(20)21(28)13-26-22(29)14-32-23(26)30/h4-11,20H,12-14H2,1-3H3. The predicted molar refractivity (Wildman–Crippen MR) is 124 cm³/mol. The van der Waals surface area contributed by atoms with Crippen molar-refractivity contribution in [1.29, 1.82) is 0 Å². The van der Waals surface area contributed by atoms with Gasteiger partial charge in [-0.05, 0) is 29.8 Å². The topological polar surface area (TPSA) is 82.5 Å². The Balaban J connectivity index is 1.65. The molecule has 1 fully saturated rings. The number of ether oxygens (including phenoxy) is 1. The average molecular weight is 453 g/mol. The van der Waals surface area contributed by atoms with Crippen LogP contribution in [0.4, 0.5) is 10.5 Å². The van der Waals surface area contributed by atoms with Crippen LogP contribution < -0.4 is 9.64 Å². The molecule has 1 unspecified atom stereocenters. The fraction of sp³-hybridized carbons (Fsp3) is 0.304. The number of methoxy groups -OCH3 is 1. The van der Waals surface area contributed by atoms with Gasteiger partial charge in [0.05, 0.1) is 24.6 Å². The number of carbonyl (C=O) groups excluding carboxylic acids is 3. The SMILES string of the molecule is COc1cccc(C2=NN(C(=O)CN3C(=O)CSC3=O)C(c3ccc(N(C)C)cc3)C2)c1. The van der Waals surface area contributed by atoms with E-state index in [0.717, 1.165) is 39.2 Å². The summed E-state index contributed by atoms with van der Waals surface area (Å²) >= 11 is 0.913. The van der Waals surface area contributed by atoms with Crippen molar-refractivity contribution >= 4 is 40.2 Å². The molecule has 0 saturated carbocycles.